The minimum Gasteiger partial charge on any atom is -0.492 e. The van der Waals surface area contributed by atoms with Crippen LogP contribution in [0.3, 0.4) is 0 Å². The van der Waals surface area contributed by atoms with Crippen LogP contribution in [-0.2, 0) is 16.3 Å². The zero-order chi connectivity index (χ0) is 31.5. The van der Waals surface area contributed by atoms with Crippen LogP contribution in [0.1, 0.15) is 66.5 Å². The second kappa shape index (κ2) is 12.5. The number of sulfone groups is 1. The molecule has 0 radical (unpaired) electrons. The van der Waals surface area contributed by atoms with Gasteiger partial charge < -0.3 is 10.8 Å². The third-order valence-corrected chi connectivity index (χ3v) is 8.86. The van der Waals surface area contributed by atoms with Crippen molar-refractivity contribution in [3.05, 3.63) is 105 Å². The van der Waals surface area contributed by atoms with Gasteiger partial charge in [-0.3, -0.25) is 14.2 Å². The molecule has 12 heteroatoms. The summed E-state index contributed by atoms with van der Waals surface area (Å²) in [7, 11) is -4.65. The van der Waals surface area contributed by atoms with Gasteiger partial charge in [-0.25, -0.2) is 17.2 Å². The summed E-state index contributed by atoms with van der Waals surface area (Å²) in [6.45, 7) is 3.64. The van der Waals surface area contributed by atoms with Crippen molar-refractivity contribution in [2.24, 2.45) is 5.73 Å². The SMILES string of the molecule is CCCCc1nc(O)c(S(=O)(=O)c2ccc(-c3ccc(F)cc3C(N)=O)cc2)c(=O)n1[C@@H](CC)c1ccc(C#N)c(F)c1. The fourth-order valence-corrected chi connectivity index (χ4v) is 6.26. The van der Waals surface area contributed by atoms with Crippen molar-refractivity contribution in [1.29, 1.82) is 5.26 Å². The van der Waals surface area contributed by atoms with Crippen molar-refractivity contribution in [3.63, 3.8) is 0 Å². The summed E-state index contributed by atoms with van der Waals surface area (Å²) in [4.78, 5) is 28.6. The van der Waals surface area contributed by atoms with Gasteiger partial charge in [0.1, 0.15) is 23.5 Å². The molecule has 4 aromatic rings. The molecule has 1 aromatic heterocycles. The van der Waals surface area contributed by atoms with Crippen LogP contribution in [0.2, 0.25) is 0 Å². The molecule has 0 bridgehead atoms. The second-order valence-electron chi connectivity index (χ2n) is 9.82. The number of rotatable bonds is 10. The zero-order valence-corrected chi connectivity index (χ0v) is 24.2. The Balaban J connectivity index is 1.87. The van der Waals surface area contributed by atoms with Gasteiger partial charge in [-0.05, 0) is 65.9 Å². The molecule has 0 aliphatic rings. The van der Waals surface area contributed by atoms with Crippen LogP contribution in [0, 0.1) is 23.0 Å². The minimum absolute atomic E-state index is 0.104. The van der Waals surface area contributed by atoms with Crippen LogP contribution in [0.5, 0.6) is 5.88 Å². The number of nitriles is 1. The number of halogens is 2. The highest BCUT2D eigenvalue weighted by Gasteiger charge is 2.32. The van der Waals surface area contributed by atoms with E-state index in [1.54, 1.807) is 13.0 Å². The van der Waals surface area contributed by atoms with Crippen molar-refractivity contribution in [2.45, 2.75) is 55.4 Å². The molecule has 0 aliphatic heterocycles. The Bertz CT molecular complexity index is 1920. The molecule has 1 heterocycles. The lowest BCUT2D eigenvalue weighted by Gasteiger charge is -2.23. The van der Waals surface area contributed by atoms with Crippen LogP contribution >= 0.6 is 0 Å². The normalized spacial score (nSPS) is 12.1. The van der Waals surface area contributed by atoms with E-state index in [2.05, 4.69) is 4.98 Å². The van der Waals surface area contributed by atoms with E-state index in [9.17, 15) is 31.9 Å². The molecule has 1 amide bonds. The zero-order valence-electron chi connectivity index (χ0n) is 23.3. The molecule has 0 unspecified atom stereocenters. The Hall–Kier alpha value is -4.89. The van der Waals surface area contributed by atoms with E-state index < -0.39 is 49.8 Å². The van der Waals surface area contributed by atoms with Crippen LogP contribution in [0.15, 0.2) is 75.2 Å². The molecular weight excluding hydrogens is 578 g/mol. The molecule has 0 spiro atoms. The van der Waals surface area contributed by atoms with Gasteiger partial charge in [0.05, 0.1) is 16.5 Å². The molecule has 4 rings (SSSR count). The van der Waals surface area contributed by atoms with E-state index >= 15 is 0 Å². The standard InChI is InChI=1S/C31H28F2N4O5S/c1-3-5-6-27-36-30(39)28(31(40)37(27)26(4-2)19-7-8-20(17-34)25(33)15-19)43(41,42)22-12-9-18(10-13-22)23-14-11-21(32)16-24(23)29(35)38/h7-16,26,39H,3-6H2,1-2H3,(H2,35,38)/t26-/m0/s1. The summed E-state index contributed by atoms with van der Waals surface area (Å²) in [6.07, 6.45) is 1.78. The summed E-state index contributed by atoms with van der Waals surface area (Å²) in [5.74, 6) is -3.18. The van der Waals surface area contributed by atoms with Gasteiger partial charge in [0.15, 0.2) is 4.90 Å². The minimum atomic E-state index is -4.65. The van der Waals surface area contributed by atoms with E-state index in [0.717, 1.165) is 29.2 Å². The maximum Gasteiger partial charge on any atom is 0.277 e. The molecule has 0 saturated heterocycles. The van der Waals surface area contributed by atoms with E-state index in [1.807, 2.05) is 6.92 Å². The smallest absolute Gasteiger partial charge is 0.277 e. The van der Waals surface area contributed by atoms with Crippen LogP contribution in [-0.4, -0.2) is 29.0 Å². The number of aryl methyl sites for hydroxylation is 1. The predicted molar refractivity (Wildman–Crippen MR) is 154 cm³/mol. The molecule has 0 saturated carbocycles. The fourth-order valence-electron chi connectivity index (χ4n) is 4.92. The number of amides is 1. The van der Waals surface area contributed by atoms with Gasteiger partial charge in [0.2, 0.25) is 21.6 Å². The number of carbonyl (C=O) groups is 1. The van der Waals surface area contributed by atoms with Crippen molar-refractivity contribution in [3.8, 4) is 23.1 Å². The summed E-state index contributed by atoms with van der Waals surface area (Å²) in [6, 6.07) is 13.3. The molecule has 0 fully saturated rings. The Morgan fingerprint density at radius 1 is 1.09 bits per heavy atom. The van der Waals surface area contributed by atoms with E-state index in [0.29, 0.717) is 17.5 Å². The fraction of sp³-hybridized carbons (Fsp3) is 0.226. The average Bonchev–Trinajstić information content (AvgIpc) is 2.97. The third-order valence-electron chi connectivity index (χ3n) is 7.07. The van der Waals surface area contributed by atoms with E-state index in [1.165, 1.54) is 42.5 Å². The number of aromatic hydroxyl groups is 1. The Kier molecular flexibility index (Phi) is 9.06. The largest absolute Gasteiger partial charge is 0.492 e. The van der Waals surface area contributed by atoms with Crippen molar-refractivity contribution >= 4 is 15.7 Å². The molecule has 3 N–H and O–H groups in total. The topological polar surface area (TPSA) is 156 Å². The molecule has 1 atom stereocenters. The maximum atomic E-state index is 14.6. The average molecular weight is 607 g/mol. The van der Waals surface area contributed by atoms with E-state index in [4.69, 9.17) is 11.0 Å². The first-order chi connectivity index (χ1) is 20.4. The first kappa shape index (κ1) is 31.1. The molecule has 43 heavy (non-hydrogen) atoms. The highest BCUT2D eigenvalue weighted by atomic mass is 32.2. The number of benzene rings is 3. The number of hydrogen-bond acceptors (Lipinski definition) is 7. The van der Waals surface area contributed by atoms with E-state index in [-0.39, 0.29) is 40.3 Å². The summed E-state index contributed by atoms with van der Waals surface area (Å²) in [5, 5.41) is 19.9. The first-order valence-electron chi connectivity index (χ1n) is 13.4. The Labute approximate surface area is 246 Å². The summed E-state index contributed by atoms with van der Waals surface area (Å²) >= 11 is 0. The highest BCUT2D eigenvalue weighted by Crippen LogP contribution is 2.31. The predicted octanol–water partition coefficient (Wildman–Crippen LogP) is 5.04. The number of aromatic nitrogens is 2. The number of nitrogens with two attached hydrogens (primary N) is 1. The van der Waals surface area contributed by atoms with Gasteiger partial charge >= 0.3 is 0 Å². The number of primary amides is 1. The lowest BCUT2D eigenvalue weighted by Crippen LogP contribution is -2.33. The monoisotopic (exact) mass is 606 g/mol. The summed E-state index contributed by atoms with van der Waals surface area (Å²) < 4.78 is 57.0. The number of carbonyl (C=O) groups excluding carboxylic acids is 1. The van der Waals surface area contributed by atoms with Crippen molar-refractivity contribution in [2.75, 3.05) is 0 Å². The van der Waals surface area contributed by atoms with Crippen molar-refractivity contribution < 1.29 is 27.1 Å². The lowest BCUT2D eigenvalue weighted by atomic mass is 9.99. The quantitative estimate of drug-likeness (QED) is 0.256. The third kappa shape index (κ3) is 6.03. The molecule has 0 aliphatic carbocycles. The molecular formula is C31H28F2N4O5S. The maximum absolute atomic E-state index is 14.6. The van der Waals surface area contributed by atoms with Gasteiger partial charge in [-0.1, -0.05) is 44.5 Å². The Morgan fingerprint density at radius 3 is 2.37 bits per heavy atom. The van der Waals surface area contributed by atoms with Crippen LogP contribution in [0.4, 0.5) is 8.78 Å². The Morgan fingerprint density at radius 2 is 1.79 bits per heavy atom. The van der Waals surface area contributed by atoms with Gasteiger partial charge in [0, 0.05) is 12.0 Å². The number of hydrogen-bond donors (Lipinski definition) is 2. The lowest BCUT2D eigenvalue weighted by molar-refractivity contribution is 0.100. The summed E-state index contributed by atoms with van der Waals surface area (Å²) in [5.41, 5.74) is 5.01. The van der Waals surface area contributed by atoms with Gasteiger partial charge in [0.25, 0.3) is 5.56 Å². The highest BCUT2D eigenvalue weighted by molar-refractivity contribution is 7.91. The number of nitrogens with zero attached hydrogens (tertiary/aromatic N) is 3. The number of unbranched alkanes of at least 4 members (excludes halogenated alkanes) is 1. The molecule has 9 nitrogen and oxygen atoms in total. The van der Waals surface area contributed by atoms with Crippen LogP contribution < -0.4 is 11.3 Å². The first-order valence-corrected chi connectivity index (χ1v) is 14.9. The molecule has 222 valence electrons. The van der Waals surface area contributed by atoms with Crippen LogP contribution in [0.25, 0.3) is 11.1 Å². The van der Waals surface area contributed by atoms with Crippen molar-refractivity contribution in [1.82, 2.24) is 9.55 Å². The van der Waals surface area contributed by atoms with Gasteiger partial charge in [-0.2, -0.15) is 10.2 Å². The second-order valence-corrected chi connectivity index (χ2v) is 11.7. The molecule has 3 aromatic carbocycles. The van der Waals surface area contributed by atoms with Gasteiger partial charge in [-0.15, -0.1) is 0 Å².